The Balaban J connectivity index is 2.58. The third-order valence-electron chi connectivity index (χ3n) is 4.85. The number of hydrogen-bond acceptors (Lipinski definition) is 10. The summed E-state index contributed by atoms with van der Waals surface area (Å²) in [5, 5.41) is 4.66. The SMILES string of the molecule is CC(=O)O[C@@H]([C@H](OC(C)=O)[C@H](OC(C)=O)C(=O)Nc1ccc(F)cc1)[C@H](OC(C)=O)C(=O)Nc1ccc(F)cc1. The lowest BCUT2D eigenvalue weighted by Crippen LogP contribution is -2.57. The van der Waals surface area contributed by atoms with Crippen molar-refractivity contribution in [3.8, 4) is 0 Å². The van der Waals surface area contributed by atoms with Gasteiger partial charge in [-0.2, -0.15) is 0 Å². The van der Waals surface area contributed by atoms with Gasteiger partial charge in [0, 0.05) is 39.1 Å². The van der Waals surface area contributed by atoms with Crippen LogP contribution in [0.4, 0.5) is 20.2 Å². The fraction of sp³-hybridized carbons (Fsp3) is 0.308. The average molecular weight is 564 g/mol. The number of carbonyl (C=O) groups is 6. The number of ether oxygens (including phenoxy) is 4. The van der Waals surface area contributed by atoms with Crippen LogP contribution in [-0.2, 0) is 47.7 Å². The van der Waals surface area contributed by atoms with Gasteiger partial charge >= 0.3 is 23.9 Å². The number of nitrogens with one attached hydrogen (secondary N) is 2. The standard InChI is InChI=1S/C26H26F2N2O10/c1-13(31)37-21(23(39-15(3)33)25(35)29-19-9-5-17(27)6-10-19)22(38-14(2)32)24(40-16(4)34)26(36)30-20-11-7-18(28)8-12-20/h5-12,21-24H,1-4H3,(H,29,35)(H,30,36)/t21-,22-,23-,24-/m0/s1. The molecule has 214 valence electrons. The molecule has 2 aromatic carbocycles. The van der Waals surface area contributed by atoms with Crippen molar-refractivity contribution in [3.63, 3.8) is 0 Å². The number of hydrogen-bond donors (Lipinski definition) is 2. The smallest absolute Gasteiger partial charge is 0.303 e. The third kappa shape index (κ3) is 9.78. The Labute approximate surface area is 226 Å². The quantitative estimate of drug-likeness (QED) is 0.306. The topological polar surface area (TPSA) is 163 Å². The molecule has 0 aromatic heterocycles. The van der Waals surface area contributed by atoms with Crippen LogP contribution >= 0.6 is 0 Å². The highest BCUT2D eigenvalue weighted by molar-refractivity contribution is 5.98. The molecule has 14 heteroatoms. The van der Waals surface area contributed by atoms with Gasteiger partial charge < -0.3 is 29.6 Å². The van der Waals surface area contributed by atoms with Crippen molar-refractivity contribution in [2.24, 2.45) is 0 Å². The summed E-state index contributed by atoms with van der Waals surface area (Å²) in [6.45, 7) is 3.68. The van der Waals surface area contributed by atoms with Gasteiger partial charge in [0.15, 0.2) is 12.2 Å². The minimum Gasteiger partial charge on any atom is -0.454 e. The second-order valence-corrected chi connectivity index (χ2v) is 8.20. The molecule has 2 amide bonds. The molecule has 0 aliphatic rings. The summed E-state index contributed by atoms with van der Waals surface area (Å²) in [7, 11) is 0. The van der Waals surface area contributed by atoms with Crippen molar-refractivity contribution in [3.05, 3.63) is 60.2 Å². The minimum absolute atomic E-state index is 0.0414. The Morgan fingerprint density at radius 1 is 0.525 bits per heavy atom. The van der Waals surface area contributed by atoms with E-state index in [4.69, 9.17) is 18.9 Å². The summed E-state index contributed by atoms with van der Waals surface area (Å²) in [5.41, 5.74) is 0.0829. The molecule has 4 atom stereocenters. The van der Waals surface area contributed by atoms with E-state index in [0.717, 1.165) is 52.0 Å². The van der Waals surface area contributed by atoms with Gasteiger partial charge in [-0.3, -0.25) is 28.8 Å². The largest absolute Gasteiger partial charge is 0.454 e. The summed E-state index contributed by atoms with van der Waals surface area (Å²) >= 11 is 0. The molecule has 2 aromatic rings. The molecule has 0 spiro atoms. The van der Waals surface area contributed by atoms with E-state index < -0.39 is 71.7 Å². The lowest BCUT2D eigenvalue weighted by atomic mass is 10.00. The molecule has 2 N–H and O–H groups in total. The highest BCUT2D eigenvalue weighted by Gasteiger charge is 2.49. The molecule has 40 heavy (non-hydrogen) atoms. The monoisotopic (exact) mass is 564 g/mol. The molecule has 0 fully saturated rings. The lowest BCUT2D eigenvalue weighted by molar-refractivity contribution is -0.198. The number of rotatable bonds is 11. The van der Waals surface area contributed by atoms with Crippen LogP contribution in [0.2, 0.25) is 0 Å². The van der Waals surface area contributed by atoms with Crippen LogP contribution in [-0.4, -0.2) is 60.1 Å². The van der Waals surface area contributed by atoms with Gasteiger partial charge in [0.2, 0.25) is 12.2 Å². The predicted molar refractivity (Wildman–Crippen MR) is 132 cm³/mol. The summed E-state index contributed by atoms with van der Waals surface area (Å²) < 4.78 is 47.2. The minimum atomic E-state index is -2.08. The van der Waals surface area contributed by atoms with Gasteiger partial charge in [0.1, 0.15) is 11.6 Å². The Morgan fingerprint density at radius 2 is 0.800 bits per heavy atom. The molecular formula is C26H26F2N2O10. The van der Waals surface area contributed by atoms with Crippen LogP contribution in [0, 0.1) is 11.6 Å². The van der Waals surface area contributed by atoms with E-state index >= 15 is 0 Å². The zero-order valence-corrected chi connectivity index (χ0v) is 21.8. The number of benzene rings is 2. The van der Waals surface area contributed by atoms with Crippen molar-refractivity contribution in [2.75, 3.05) is 10.6 Å². The zero-order chi connectivity index (χ0) is 30.0. The van der Waals surface area contributed by atoms with Gasteiger partial charge in [0.05, 0.1) is 0 Å². The van der Waals surface area contributed by atoms with E-state index in [1.165, 1.54) is 24.3 Å². The maximum Gasteiger partial charge on any atom is 0.303 e. The first kappa shape index (κ1) is 31.3. The van der Waals surface area contributed by atoms with Crippen molar-refractivity contribution in [1.82, 2.24) is 0 Å². The summed E-state index contributed by atoms with van der Waals surface area (Å²) in [4.78, 5) is 74.5. The van der Waals surface area contributed by atoms with Crippen LogP contribution in [0.15, 0.2) is 48.5 Å². The zero-order valence-electron chi connectivity index (χ0n) is 21.8. The second-order valence-electron chi connectivity index (χ2n) is 8.20. The third-order valence-corrected chi connectivity index (χ3v) is 4.85. The molecule has 0 unspecified atom stereocenters. The number of halogens is 2. The normalized spacial score (nSPS) is 13.4. The van der Waals surface area contributed by atoms with Crippen molar-refractivity contribution < 1.29 is 56.5 Å². The highest BCUT2D eigenvalue weighted by Crippen LogP contribution is 2.23. The van der Waals surface area contributed by atoms with Gasteiger partial charge in [0.25, 0.3) is 11.8 Å². The molecule has 0 aliphatic heterocycles. The lowest BCUT2D eigenvalue weighted by Gasteiger charge is -2.34. The fourth-order valence-corrected chi connectivity index (χ4v) is 3.38. The Kier molecular flexibility index (Phi) is 11.2. The number of anilines is 2. The Morgan fingerprint density at radius 3 is 1.05 bits per heavy atom. The highest BCUT2D eigenvalue weighted by atomic mass is 19.1. The van der Waals surface area contributed by atoms with Crippen LogP contribution < -0.4 is 10.6 Å². The molecule has 0 saturated heterocycles. The molecule has 0 heterocycles. The predicted octanol–water partition coefficient (Wildman–Crippen LogP) is 2.27. The van der Waals surface area contributed by atoms with Crippen LogP contribution in [0.25, 0.3) is 0 Å². The van der Waals surface area contributed by atoms with E-state index in [-0.39, 0.29) is 11.4 Å². The first-order valence-electron chi connectivity index (χ1n) is 11.6. The maximum absolute atomic E-state index is 13.3. The van der Waals surface area contributed by atoms with Crippen LogP contribution in [0.1, 0.15) is 27.7 Å². The van der Waals surface area contributed by atoms with Crippen molar-refractivity contribution >= 4 is 47.1 Å². The summed E-state index contributed by atoms with van der Waals surface area (Å²) in [6, 6.07) is 8.83. The van der Waals surface area contributed by atoms with Gasteiger partial charge in [-0.05, 0) is 48.5 Å². The maximum atomic E-state index is 13.3. The number of amides is 2. The molecule has 0 aliphatic carbocycles. The molecule has 0 saturated carbocycles. The van der Waals surface area contributed by atoms with Gasteiger partial charge in [-0.15, -0.1) is 0 Å². The number of esters is 4. The van der Waals surface area contributed by atoms with Crippen LogP contribution in [0.3, 0.4) is 0 Å². The Hall–Kier alpha value is -4.88. The summed E-state index contributed by atoms with van der Waals surface area (Å²) in [6.07, 6.45) is -8.25. The van der Waals surface area contributed by atoms with E-state index in [9.17, 15) is 37.5 Å². The van der Waals surface area contributed by atoms with E-state index in [2.05, 4.69) is 10.6 Å². The average Bonchev–Trinajstić information content (AvgIpc) is 2.85. The van der Waals surface area contributed by atoms with Crippen molar-refractivity contribution in [1.29, 1.82) is 0 Å². The van der Waals surface area contributed by atoms with E-state index in [0.29, 0.717) is 0 Å². The first-order valence-corrected chi connectivity index (χ1v) is 11.6. The molecular weight excluding hydrogens is 538 g/mol. The second kappa shape index (κ2) is 14.3. The molecule has 0 radical (unpaired) electrons. The fourth-order valence-electron chi connectivity index (χ4n) is 3.38. The first-order chi connectivity index (χ1) is 18.8. The van der Waals surface area contributed by atoms with Gasteiger partial charge in [-0.1, -0.05) is 0 Å². The van der Waals surface area contributed by atoms with Crippen molar-refractivity contribution in [2.45, 2.75) is 52.1 Å². The van der Waals surface area contributed by atoms with Gasteiger partial charge in [-0.25, -0.2) is 8.78 Å². The van der Waals surface area contributed by atoms with E-state index in [1.54, 1.807) is 0 Å². The molecule has 2 rings (SSSR count). The van der Waals surface area contributed by atoms with E-state index in [1.807, 2.05) is 0 Å². The number of carbonyl (C=O) groups excluding carboxylic acids is 6. The molecule has 12 nitrogen and oxygen atoms in total. The Bertz CT molecular complexity index is 1150. The summed E-state index contributed by atoms with van der Waals surface area (Å²) in [5.74, 6) is -7.70. The van der Waals surface area contributed by atoms with Crippen LogP contribution in [0.5, 0.6) is 0 Å². The molecule has 0 bridgehead atoms.